The summed E-state index contributed by atoms with van der Waals surface area (Å²) in [4.78, 5) is 2.28. The van der Waals surface area contributed by atoms with Crippen LogP contribution in [0.5, 0.6) is 0 Å². The Kier molecular flexibility index (Phi) is 11.2. The molecule has 0 amide bonds. The van der Waals surface area contributed by atoms with Gasteiger partial charge in [-0.3, -0.25) is 0 Å². The molecule has 0 saturated carbocycles. The highest BCUT2D eigenvalue weighted by Crippen LogP contribution is 1.92. The largest absolute Gasteiger partial charge is 0.383 e. The Morgan fingerprint density at radius 2 is 1.88 bits per heavy atom. The Morgan fingerprint density at radius 1 is 1.12 bits per heavy atom. The predicted octanol–water partition coefficient (Wildman–Crippen LogP) is 0.827. The van der Waals surface area contributed by atoms with Gasteiger partial charge in [0.1, 0.15) is 0 Å². The smallest absolute Gasteiger partial charge is 0.0593 e. The van der Waals surface area contributed by atoms with Crippen molar-refractivity contribution in [1.82, 2.24) is 10.2 Å². The van der Waals surface area contributed by atoms with Crippen molar-refractivity contribution in [3.05, 3.63) is 0 Å². The van der Waals surface area contributed by atoms with Gasteiger partial charge in [-0.25, -0.2) is 0 Å². The van der Waals surface area contributed by atoms with Crippen LogP contribution in [0.2, 0.25) is 0 Å². The van der Waals surface area contributed by atoms with Gasteiger partial charge in [0.05, 0.1) is 13.2 Å². The van der Waals surface area contributed by atoms with Crippen molar-refractivity contribution in [1.29, 1.82) is 0 Å². The Hall–Kier alpha value is -0.160. The molecule has 0 rings (SSSR count). The maximum atomic E-state index is 5.53. The first-order valence-electron chi connectivity index (χ1n) is 6.12. The van der Waals surface area contributed by atoms with E-state index in [9.17, 15) is 0 Å². The highest BCUT2D eigenvalue weighted by molar-refractivity contribution is 4.54. The molecule has 0 atom stereocenters. The van der Waals surface area contributed by atoms with Crippen molar-refractivity contribution in [2.45, 2.75) is 13.8 Å². The summed E-state index contributed by atoms with van der Waals surface area (Å²) in [5, 5.41) is 3.32. The third-order valence-electron chi connectivity index (χ3n) is 2.22. The first-order chi connectivity index (χ1) is 7.66. The molecule has 0 heterocycles. The van der Waals surface area contributed by atoms with Crippen LogP contribution < -0.4 is 5.32 Å². The fourth-order valence-corrected chi connectivity index (χ4v) is 1.22. The van der Waals surface area contributed by atoms with Crippen LogP contribution in [0.4, 0.5) is 0 Å². The SMILES string of the molecule is COCCNCCN(C)CCOCC(C)C. The molecular weight excluding hydrogens is 204 g/mol. The average molecular weight is 232 g/mol. The summed E-state index contributed by atoms with van der Waals surface area (Å²) >= 11 is 0. The summed E-state index contributed by atoms with van der Waals surface area (Å²) < 4.78 is 10.5. The predicted molar refractivity (Wildman–Crippen MR) is 67.9 cm³/mol. The summed E-state index contributed by atoms with van der Waals surface area (Å²) in [5.41, 5.74) is 0. The lowest BCUT2D eigenvalue weighted by atomic mass is 10.2. The molecule has 0 aliphatic heterocycles. The molecule has 0 aromatic carbocycles. The molecule has 0 saturated heterocycles. The van der Waals surface area contributed by atoms with Crippen LogP contribution >= 0.6 is 0 Å². The fourth-order valence-electron chi connectivity index (χ4n) is 1.22. The maximum Gasteiger partial charge on any atom is 0.0593 e. The van der Waals surface area contributed by atoms with Crippen LogP contribution in [0, 0.1) is 5.92 Å². The van der Waals surface area contributed by atoms with E-state index in [1.54, 1.807) is 7.11 Å². The second kappa shape index (κ2) is 11.3. The van der Waals surface area contributed by atoms with Crippen molar-refractivity contribution >= 4 is 0 Å². The summed E-state index contributed by atoms with van der Waals surface area (Å²) in [5.74, 6) is 0.626. The topological polar surface area (TPSA) is 33.7 Å². The Bertz CT molecular complexity index is 143. The van der Waals surface area contributed by atoms with Crippen molar-refractivity contribution in [2.24, 2.45) is 5.92 Å². The van der Waals surface area contributed by atoms with E-state index in [1.807, 2.05) is 0 Å². The minimum Gasteiger partial charge on any atom is -0.383 e. The zero-order valence-corrected chi connectivity index (χ0v) is 11.3. The van der Waals surface area contributed by atoms with E-state index in [2.05, 4.69) is 31.1 Å². The van der Waals surface area contributed by atoms with Gasteiger partial charge in [-0.2, -0.15) is 0 Å². The molecular formula is C12H28N2O2. The molecule has 1 N–H and O–H groups in total. The molecule has 16 heavy (non-hydrogen) atoms. The molecule has 0 fully saturated rings. The number of hydrogen-bond donors (Lipinski definition) is 1. The lowest BCUT2D eigenvalue weighted by molar-refractivity contribution is 0.0916. The van der Waals surface area contributed by atoms with Gasteiger partial charge in [0, 0.05) is 39.9 Å². The number of likely N-dealkylation sites (N-methyl/N-ethyl adjacent to an activating group) is 1. The monoisotopic (exact) mass is 232 g/mol. The van der Waals surface area contributed by atoms with E-state index in [0.717, 1.165) is 46.0 Å². The number of methoxy groups -OCH3 is 1. The van der Waals surface area contributed by atoms with Crippen molar-refractivity contribution in [3.8, 4) is 0 Å². The lowest BCUT2D eigenvalue weighted by Gasteiger charge is -2.17. The van der Waals surface area contributed by atoms with E-state index < -0.39 is 0 Å². The molecule has 98 valence electrons. The van der Waals surface area contributed by atoms with Crippen molar-refractivity contribution in [2.75, 3.05) is 60.2 Å². The number of nitrogens with one attached hydrogen (secondary N) is 1. The van der Waals surface area contributed by atoms with Gasteiger partial charge >= 0.3 is 0 Å². The summed E-state index contributed by atoms with van der Waals surface area (Å²) in [6.07, 6.45) is 0. The summed E-state index contributed by atoms with van der Waals surface area (Å²) in [6.45, 7) is 10.8. The minimum absolute atomic E-state index is 0.626. The average Bonchev–Trinajstić information content (AvgIpc) is 2.24. The molecule has 0 spiro atoms. The molecule has 0 aromatic heterocycles. The molecule has 0 aromatic rings. The molecule has 0 aliphatic carbocycles. The first kappa shape index (κ1) is 15.8. The normalized spacial score (nSPS) is 11.6. The van der Waals surface area contributed by atoms with Gasteiger partial charge in [-0.05, 0) is 13.0 Å². The van der Waals surface area contributed by atoms with Crippen molar-refractivity contribution < 1.29 is 9.47 Å². The standard InChI is InChI=1S/C12H28N2O2/c1-12(2)11-16-10-8-14(3)7-5-13-6-9-15-4/h12-13H,5-11H2,1-4H3. The van der Waals surface area contributed by atoms with E-state index in [4.69, 9.17) is 9.47 Å². The Balaban J connectivity index is 3.15. The van der Waals surface area contributed by atoms with Crippen molar-refractivity contribution in [3.63, 3.8) is 0 Å². The molecule has 4 nitrogen and oxygen atoms in total. The van der Waals surface area contributed by atoms with Gasteiger partial charge in [0.2, 0.25) is 0 Å². The van der Waals surface area contributed by atoms with Gasteiger partial charge in [-0.1, -0.05) is 13.8 Å². The molecule has 0 aliphatic rings. The van der Waals surface area contributed by atoms with Gasteiger partial charge in [0.15, 0.2) is 0 Å². The van der Waals surface area contributed by atoms with Crippen LogP contribution in [0.25, 0.3) is 0 Å². The van der Waals surface area contributed by atoms with Gasteiger partial charge in [0.25, 0.3) is 0 Å². The molecule has 0 bridgehead atoms. The number of ether oxygens (including phenoxy) is 2. The molecule has 0 radical (unpaired) electrons. The van der Waals surface area contributed by atoms with E-state index in [1.165, 1.54) is 0 Å². The van der Waals surface area contributed by atoms with Crippen LogP contribution in [0.3, 0.4) is 0 Å². The van der Waals surface area contributed by atoms with Crippen LogP contribution in [-0.4, -0.2) is 65.1 Å². The van der Waals surface area contributed by atoms with E-state index in [-0.39, 0.29) is 0 Å². The fraction of sp³-hybridized carbons (Fsp3) is 1.00. The number of nitrogens with zero attached hydrogens (tertiary/aromatic N) is 1. The first-order valence-corrected chi connectivity index (χ1v) is 6.12. The third kappa shape index (κ3) is 11.9. The summed E-state index contributed by atoms with van der Waals surface area (Å²) in [7, 11) is 3.84. The molecule has 0 unspecified atom stereocenters. The lowest BCUT2D eigenvalue weighted by Crippen LogP contribution is -2.33. The summed E-state index contributed by atoms with van der Waals surface area (Å²) in [6, 6.07) is 0. The van der Waals surface area contributed by atoms with Crippen LogP contribution in [0.15, 0.2) is 0 Å². The third-order valence-corrected chi connectivity index (χ3v) is 2.22. The van der Waals surface area contributed by atoms with E-state index in [0.29, 0.717) is 5.92 Å². The van der Waals surface area contributed by atoms with Gasteiger partial charge < -0.3 is 19.7 Å². The number of rotatable bonds is 11. The second-order valence-electron chi connectivity index (χ2n) is 4.51. The second-order valence-corrected chi connectivity index (χ2v) is 4.51. The zero-order valence-electron chi connectivity index (χ0n) is 11.3. The minimum atomic E-state index is 0.626. The quantitative estimate of drug-likeness (QED) is 0.535. The number of hydrogen-bond acceptors (Lipinski definition) is 4. The van der Waals surface area contributed by atoms with E-state index >= 15 is 0 Å². The van der Waals surface area contributed by atoms with Crippen LogP contribution in [-0.2, 0) is 9.47 Å². The Morgan fingerprint density at radius 3 is 2.50 bits per heavy atom. The Labute approximate surface area is 100 Å². The van der Waals surface area contributed by atoms with Crippen LogP contribution in [0.1, 0.15) is 13.8 Å². The molecule has 4 heteroatoms. The zero-order chi connectivity index (χ0) is 12.2. The highest BCUT2D eigenvalue weighted by Gasteiger charge is 1.98. The maximum absolute atomic E-state index is 5.53. The van der Waals surface area contributed by atoms with Gasteiger partial charge in [-0.15, -0.1) is 0 Å². The highest BCUT2D eigenvalue weighted by atomic mass is 16.5.